The largest absolute Gasteiger partial charge is 0.469 e. The molecule has 0 heterocycles. The number of allylic oxidation sites excluding steroid dienone is 16. The first-order valence-electron chi connectivity index (χ1n) is 19.5. The average molecular weight is 745 g/mol. The molecule has 0 aliphatic rings. The minimum absolute atomic E-state index is 0.172. The predicted molar refractivity (Wildman–Crippen MR) is 216 cm³/mol. The van der Waals surface area contributed by atoms with Crippen LogP contribution in [0.3, 0.4) is 0 Å². The number of esters is 2. The van der Waals surface area contributed by atoms with Crippen molar-refractivity contribution in [3.63, 3.8) is 0 Å². The molecule has 0 aliphatic heterocycles. The zero-order chi connectivity index (χ0) is 38.2. The first kappa shape index (κ1) is 49.0. The van der Waals surface area contributed by atoms with E-state index in [2.05, 4.69) is 116 Å². The Morgan fingerprint density at radius 3 is 1.27 bits per heavy atom. The van der Waals surface area contributed by atoms with Crippen molar-refractivity contribution >= 4 is 19.8 Å². The van der Waals surface area contributed by atoms with Crippen LogP contribution in [-0.4, -0.2) is 41.0 Å². The lowest BCUT2D eigenvalue weighted by atomic mass is 10.1. The topological polar surface area (TPSA) is 119 Å². The highest BCUT2D eigenvalue weighted by atomic mass is 31.2. The van der Waals surface area contributed by atoms with Crippen LogP contribution >= 0.6 is 7.82 Å². The number of carbonyl (C=O) groups excluding carboxylic acids is 2. The van der Waals surface area contributed by atoms with Gasteiger partial charge in [0.15, 0.2) is 6.10 Å². The molecule has 52 heavy (non-hydrogen) atoms. The van der Waals surface area contributed by atoms with Crippen LogP contribution in [0.15, 0.2) is 97.2 Å². The molecule has 1 atom stereocenters. The van der Waals surface area contributed by atoms with Gasteiger partial charge in [0, 0.05) is 12.8 Å². The maximum atomic E-state index is 12.4. The standard InChI is InChI=1S/C43H69O8P/c1-3-5-7-9-11-13-15-17-19-21-23-25-27-29-31-33-35-37-42(44)49-39-41(40-50-52(46,47)48)51-43(45)38-36-34-32-30-28-26-24-22-20-18-16-14-12-10-8-6-4-2/h5-8,11-14,17-20,23-26,41H,3-4,9-10,15-16,21-22,27-40H2,1-2H3,(H2,46,47,48)/b7-5-,8-6-,13-11-,14-12-,19-17-,20-18-,25-23-,26-24-. The molecule has 8 nitrogen and oxygen atoms in total. The lowest BCUT2D eigenvalue weighted by molar-refractivity contribution is -0.161. The molecule has 0 saturated carbocycles. The summed E-state index contributed by atoms with van der Waals surface area (Å²) in [6.45, 7) is 3.39. The predicted octanol–water partition coefficient (Wildman–Crippen LogP) is 11.8. The number of hydrogen-bond donors (Lipinski definition) is 2. The zero-order valence-corrected chi connectivity index (χ0v) is 33.1. The first-order chi connectivity index (χ1) is 25.3. The van der Waals surface area contributed by atoms with Gasteiger partial charge in [-0.05, 0) is 89.9 Å². The molecular formula is C43H69O8P. The third kappa shape index (κ3) is 39.8. The van der Waals surface area contributed by atoms with Gasteiger partial charge < -0.3 is 19.3 Å². The van der Waals surface area contributed by atoms with Crippen molar-refractivity contribution < 1.29 is 37.9 Å². The van der Waals surface area contributed by atoms with Crippen molar-refractivity contribution in [2.24, 2.45) is 0 Å². The fraction of sp³-hybridized carbons (Fsp3) is 0.581. The average Bonchev–Trinajstić information content (AvgIpc) is 3.11. The molecule has 0 aliphatic carbocycles. The fourth-order valence-electron chi connectivity index (χ4n) is 4.76. The summed E-state index contributed by atoms with van der Waals surface area (Å²) in [5.41, 5.74) is 0. The quantitative estimate of drug-likeness (QED) is 0.0289. The Bertz CT molecular complexity index is 1160. The second-order valence-corrected chi connectivity index (χ2v) is 13.7. The molecule has 0 radical (unpaired) electrons. The molecule has 0 saturated heterocycles. The second-order valence-electron chi connectivity index (χ2n) is 12.5. The Morgan fingerprint density at radius 2 is 0.865 bits per heavy atom. The van der Waals surface area contributed by atoms with Crippen LogP contribution in [0, 0.1) is 0 Å². The summed E-state index contributed by atoms with van der Waals surface area (Å²) in [5, 5.41) is 0. The van der Waals surface area contributed by atoms with Crippen LogP contribution < -0.4 is 0 Å². The minimum Gasteiger partial charge on any atom is -0.462 e. The Morgan fingerprint density at radius 1 is 0.500 bits per heavy atom. The summed E-state index contributed by atoms with van der Waals surface area (Å²) in [4.78, 5) is 42.8. The van der Waals surface area contributed by atoms with E-state index < -0.39 is 32.5 Å². The van der Waals surface area contributed by atoms with Crippen LogP contribution in [0.25, 0.3) is 0 Å². The summed E-state index contributed by atoms with van der Waals surface area (Å²) < 4.78 is 26.3. The van der Waals surface area contributed by atoms with E-state index in [4.69, 9.17) is 19.3 Å². The van der Waals surface area contributed by atoms with E-state index in [9.17, 15) is 14.2 Å². The van der Waals surface area contributed by atoms with E-state index >= 15 is 0 Å². The maximum absolute atomic E-state index is 12.4. The van der Waals surface area contributed by atoms with Crippen molar-refractivity contribution in [2.75, 3.05) is 13.2 Å². The molecule has 1 unspecified atom stereocenters. The van der Waals surface area contributed by atoms with Crippen LogP contribution in [-0.2, 0) is 28.2 Å². The first-order valence-corrected chi connectivity index (χ1v) is 21.1. The van der Waals surface area contributed by atoms with Crippen LogP contribution in [0.5, 0.6) is 0 Å². The molecule has 0 rings (SSSR count). The summed E-state index contributed by atoms with van der Waals surface area (Å²) >= 11 is 0. The van der Waals surface area contributed by atoms with Gasteiger partial charge in [-0.3, -0.25) is 14.1 Å². The maximum Gasteiger partial charge on any atom is 0.469 e. The summed E-state index contributed by atoms with van der Waals surface area (Å²) in [6.07, 6.45) is 51.2. The van der Waals surface area contributed by atoms with Crippen LogP contribution in [0.2, 0.25) is 0 Å². The van der Waals surface area contributed by atoms with Crippen molar-refractivity contribution in [3.05, 3.63) is 97.2 Å². The second kappa shape index (κ2) is 37.7. The van der Waals surface area contributed by atoms with E-state index in [1.807, 2.05) is 0 Å². The van der Waals surface area contributed by atoms with E-state index in [0.29, 0.717) is 12.8 Å². The van der Waals surface area contributed by atoms with Crippen molar-refractivity contribution in [2.45, 2.75) is 148 Å². The number of phosphoric ester groups is 1. The molecule has 2 N–H and O–H groups in total. The van der Waals surface area contributed by atoms with Gasteiger partial charge in [0.05, 0.1) is 6.61 Å². The van der Waals surface area contributed by atoms with Gasteiger partial charge in [-0.25, -0.2) is 4.57 Å². The molecule has 0 aromatic heterocycles. The molecular weight excluding hydrogens is 675 g/mol. The molecule has 0 aromatic rings. The van der Waals surface area contributed by atoms with Gasteiger partial charge in [0.1, 0.15) is 6.61 Å². The SMILES string of the molecule is CC/C=C\C/C=C\C/C=C\C/C=C\CCCCCCC(=O)OCC(COP(=O)(O)O)OC(=O)CCCCCC/C=C\C/C=C\C/C=C\C/C=C\CC. The summed E-state index contributed by atoms with van der Waals surface area (Å²) in [7, 11) is -4.77. The van der Waals surface area contributed by atoms with Crippen molar-refractivity contribution in [1.29, 1.82) is 0 Å². The number of rotatable bonds is 34. The molecule has 0 fully saturated rings. The van der Waals surface area contributed by atoms with Crippen molar-refractivity contribution in [1.82, 2.24) is 0 Å². The molecule has 294 valence electrons. The highest BCUT2D eigenvalue weighted by molar-refractivity contribution is 7.46. The Kier molecular flexibility index (Phi) is 35.5. The molecule has 0 amide bonds. The molecule has 0 bridgehead atoms. The third-order valence-electron chi connectivity index (χ3n) is 7.60. The monoisotopic (exact) mass is 744 g/mol. The van der Waals surface area contributed by atoms with E-state index in [0.717, 1.165) is 103 Å². The summed E-state index contributed by atoms with van der Waals surface area (Å²) in [5.74, 6) is -0.952. The molecule has 0 spiro atoms. The molecule has 0 aromatic carbocycles. The number of ether oxygens (including phenoxy) is 2. The van der Waals surface area contributed by atoms with Gasteiger partial charge in [-0.2, -0.15) is 0 Å². The van der Waals surface area contributed by atoms with Crippen LogP contribution in [0.1, 0.15) is 142 Å². The number of carbonyl (C=O) groups is 2. The van der Waals surface area contributed by atoms with Gasteiger partial charge >= 0.3 is 19.8 Å². The van der Waals surface area contributed by atoms with E-state index in [-0.39, 0.29) is 19.4 Å². The van der Waals surface area contributed by atoms with Gasteiger partial charge in [0.25, 0.3) is 0 Å². The normalized spacial score (nSPS) is 13.5. The molecule has 9 heteroatoms. The highest BCUT2D eigenvalue weighted by Gasteiger charge is 2.22. The Labute approximate surface area is 315 Å². The minimum atomic E-state index is -4.77. The van der Waals surface area contributed by atoms with Crippen LogP contribution in [0.4, 0.5) is 0 Å². The summed E-state index contributed by atoms with van der Waals surface area (Å²) in [6, 6.07) is 0. The number of unbranched alkanes of at least 4 members (excludes halogenated alkanes) is 8. The number of phosphoric acid groups is 1. The lowest BCUT2D eigenvalue weighted by Gasteiger charge is -2.18. The van der Waals surface area contributed by atoms with Crippen molar-refractivity contribution in [3.8, 4) is 0 Å². The van der Waals surface area contributed by atoms with E-state index in [1.165, 1.54) is 0 Å². The zero-order valence-electron chi connectivity index (χ0n) is 32.2. The third-order valence-corrected chi connectivity index (χ3v) is 8.08. The van der Waals surface area contributed by atoms with Gasteiger partial charge in [-0.1, -0.05) is 137 Å². The van der Waals surface area contributed by atoms with E-state index in [1.54, 1.807) is 0 Å². The lowest BCUT2D eigenvalue weighted by Crippen LogP contribution is -2.29. The Hall–Kier alpha value is -3.03. The highest BCUT2D eigenvalue weighted by Crippen LogP contribution is 2.36. The van der Waals surface area contributed by atoms with Gasteiger partial charge in [-0.15, -0.1) is 0 Å². The Balaban J connectivity index is 4.08. The smallest absolute Gasteiger partial charge is 0.462 e. The number of hydrogen-bond acceptors (Lipinski definition) is 6. The fourth-order valence-corrected chi connectivity index (χ4v) is 5.13. The van der Waals surface area contributed by atoms with Gasteiger partial charge in [0.2, 0.25) is 0 Å².